The van der Waals surface area contributed by atoms with Crippen LogP contribution in [0.15, 0.2) is 34.1 Å². The molecule has 2 aromatic rings. The van der Waals surface area contributed by atoms with Crippen LogP contribution in [-0.4, -0.2) is 45.7 Å². The Hall–Kier alpha value is -1.93. The van der Waals surface area contributed by atoms with Crippen LogP contribution in [0.5, 0.6) is 5.75 Å². The summed E-state index contributed by atoms with van der Waals surface area (Å²) in [5, 5.41) is 9.12. The predicted octanol–water partition coefficient (Wildman–Crippen LogP) is 0.410. The Kier molecular flexibility index (Phi) is 4.26. The molecule has 0 radical (unpaired) electrons. The van der Waals surface area contributed by atoms with Crippen molar-refractivity contribution in [3.63, 3.8) is 0 Å². The lowest BCUT2D eigenvalue weighted by molar-refractivity contribution is 0.470. The molecule has 0 spiro atoms. The average Bonchev–Trinajstić information content (AvgIpc) is 2.33. The molecular formula is C11H11NO9S3. The molecule has 0 aliphatic heterocycles. The van der Waals surface area contributed by atoms with Crippen LogP contribution < -0.4 is 4.72 Å². The fourth-order valence-electron chi connectivity index (χ4n) is 2.07. The van der Waals surface area contributed by atoms with Crippen LogP contribution in [0, 0.1) is 0 Å². The maximum absolute atomic E-state index is 11.4. The van der Waals surface area contributed by atoms with Crippen LogP contribution in [0.4, 0.5) is 5.69 Å². The van der Waals surface area contributed by atoms with Crippen molar-refractivity contribution in [2.75, 3.05) is 11.0 Å². The van der Waals surface area contributed by atoms with E-state index in [4.69, 9.17) is 4.55 Å². The van der Waals surface area contributed by atoms with Gasteiger partial charge in [0, 0.05) is 16.8 Å². The molecule has 10 nitrogen and oxygen atoms in total. The maximum Gasteiger partial charge on any atom is 0.295 e. The highest BCUT2D eigenvalue weighted by atomic mass is 32.2. The molecule has 0 saturated carbocycles. The van der Waals surface area contributed by atoms with Gasteiger partial charge in [0.25, 0.3) is 20.2 Å². The maximum atomic E-state index is 11.4. The number of phenolic OH excluding ortho intramolecular Hbond substituents is 1. The lowest BCUT2D eigenvalue weighted by Gasteiger charge is -2.13. The summed E-state index contributed by atoms with van der Waals surface area (Å²) in [6, 6.07) is 3.08. The van der Waals surface area contributed by atoms with Crippen molar-refractivity contribution in [1.82, 2.24) is 0 Å². The Balaban J connectivity index is 3.04. The molecule has 132 valence electrons. The molecule has 0 aliphatic rings. The van der Waals surface area contributed by atoms with E-state index in [1.165, 1.54) is 0 Å². The highest BCUT2D eigenvalue weighted by molar-refractivity contribution is 7.92. The topological polar surface area (TPSA) is 175 Å². The molecule has 4 N–H and O–H groups in total. The molecule has 24 heavy (non-hydrogen) atoms. The van der Waals surface area contributed by atoms with Crippen molar-refractivity contribution in [1.29, 1.82) is 0 Å². The zero-order chi connectivity index (χ0) is 18.5. The average molecular weight is 397 g/mol. The molecule has 2 rings (SSSR count). The smallest absolute Gasteiger partial charge is 0.295 e. The summed E-state index contributed by atoms with van der Waals surface area (Å²) >= 11 is 0. The van der Waals surface area contributed by atoms with Crippen LogP contribution in [-0.2, 0) is 30.3 Å². The third kappa shape index (κ3) is 3.76. The molecule has 0 bridgehead atoms. The summed E-state index contributed by atoms with van der Waals surface area (Å²) in [4.78, 5) is -1.62. The molecule has 0 saturated heterocycles. The Morgan fingerprint density at radius 2 is 1.50 bits per heavy atom. The zero-order valence-corrected chi connectivity index (χ0v) is 14.3. The van der Waals surface area contributed by atoms with Gasteiger partial charge in [-0.3, -0.25) is 13.8 Å². The molecule has 0 amide bonds. The number of hydrogen-bond acceptors (Lipinski definition) is 7. The number of benzene rings is 2. The molecule has 0 unspecified atom stereocenters. The third-order valence-corrected chi connectivity index (χ3v) is 5.23. The van der Waals surface area contributed by atoms with Gasteiger partial charge >= 0.3 is 0 Å². The SMILES string of the molecule is CS(=O)(=O)Nc1ccc(S(=O)(=O)O)c2cc(S(=O)(=O)O)cc(O)c12. The van der Waals surface area contributed by atoms with Crippen molar-refractivity contribution in [3.05, 3.63) is 24.3 Å². The van der Waals surface area contributed by atoms with Gasteiger partial charge in [0.15, 0.2) is 0 Å². The lowest BCUT2D eigenvalue weighted by atomic mass is 10.1. The van der Waals surface area contributed by atoms with Crippen LogP contribution >= 0.6 is 0 Å². The van der Waals surface area contributed by atoms with E-state index < -0.39 is 51.2 Å². The first-order valence-corrected chi connectivity index (χ1v) is 10.7. The molecule has 0 atom stereocenters. The highest BCUT2D eigenvalue weighted by Gasteiger charge is 2.22. The minimum Gasteiger partial charge on any atom is -0.507 e. The van der Waals surface area contributed by atoms with E-state index in [0.29, 0.717) is 12.1 Å². The molecule has 13 heteroatoms. The number of sulfonamides is 1. The number of anilines is 1. The molecule has 0 fully saturated rings. The second-order valence-corrected chi connectivity index (χ2v) is 9.36. The summed E-state index contributed by atoms with van der Waals surface area (Å²) in [5.74, 6) is -0.822. The van der Waals surface area contributed by atoms with Gasteiger partial charge in [-0.2, -0.15) is 16.8 Å². The fraction of sp³-hybridized carbons (Fsp3) is 0.0909. The molecule has 0 aliphatic carbocycles. The van der Waals surface area contributed by atoms with Crippen molar-refractivity contribution in [2.24, 2.45) is 0 Å². The fourth-order valence-corrected chi connectivity index (χ4v) is 3.84. The summed E-state index contributed by atoms with van der Waals surface area (Å²) in [7, 11) is -13.4. The lowest BCUT2D eigenvalue weighted by Crippen LogP contribution is -2.11. The van der Waals surface area contributed by atoms with Crippen LogP contribution in [0.25, 0.3) is 10.8 Å². The van der Waals surface area contributed by atoms with E-state index in [1.54, 1.807) is 0 Å². The van der Waals surface area contributed by atoms with Crippen molar-refractivity contribution in [2.45, 2.75) is 9.79 Å². The summed E-state index contributed by atoms with van der Waals surface area (Å²) in [6.45, 7) is 0. The van der Waals surface area contributed by atoms with Gasteiger partial charge in [-0.1, -0.05) is 0 Å². The minimum atomic E-state index is -4.83. The number of aromatic hydroxyl groups is 1. The number of nitrogens with one attached hydrogen (secondary N) is 1. The van der Waals surface area contributed by atoms with E-state index in [2.05, 4.69) is 0 Å². The molecule has 2 aromatic carbocycles. The Morgan fingerprint density at radius 3 is 1.96 bits per heavy atom. The number of rotatable bonds is 4. The second-order valence-electron chi connectivity index (χ2n) is 4.80. The second kappa shape index (κ2) is 5.56. The third-order valence-electron chi connectivity index (χ3n) is 2.90. The van der Waals surface area contributed by atoms with Crippen LogP contribution in [0.2, 0.25) is 0 Å². The summed E-state index contributed by atoms with van der Waals surface area (Å²) in [5.41, 5.74) is -0.251. The number of fused-ring (bicyclic) bond motifs is 1. The van der Waals surface area contributed by atoms with Gasteiger partial charge in [0.1, 0.15) is 10.6 Å². The number of hydrogen-bond donors (Lipinski definition) is 4. The minimum absolute atomic E-state index is 0.251. The van der Waals surface area contributed by atoms with Crippen LogP contribution in [0.3, 0.4) is 0 Å². The summed E-state index contributed by atoms with van der Waals surface area (Å²) in [6.07, 6.45) is 0.805. The standard InChI is InChI=1S/C11H11NO9S3/c1-22(14,15)12-8-2-3-10(24(19,20)21)7-4-6(23(16,17)18)5-9(13)11(7)8/h2-5,12-13H,1H3,(H,16,17,18)(H,19,20,21). The predicted molar refractivity (Wildman–Crippen MR) is 83.7 cm³/mol. The van der Waals surface area contributed by atoms with Crippen molar-refractivity contribution < 1.29 is 39.5 Å². The monoisotopic (exact) mass is 397 g/mol. The normalized spacial score (nSPS) is 13.1. The van der Waals surface area contributed by atoms with E-state index in [0.717, 1.165) is 18.4 Å². The first kappa shape index (κ1) is 18.4. The van der Waals surface area contributed by atoms with E-state index >= 15 is 0 Å². The van der Waals surface area contributed by atoms with Crippen molar-refractivity contribution in [3.8, 4) is 5.75 Å². The van der Waals surface area contributed by atoms with Gasteiger partial charge in [0.2, 0.25) is 10.0 Å². The van der Waals surface area contributed by atoms with Gasteiger partial charge < -0.3 is 5.11 Å². The Morgan fingerprint density at radius 1 is 0.917 bits per heavy atom. The number of phenols is 1. The van der Waals surface area contributed by atoms with E-state index in [-0.39, 0.29) is 11.1 Å². The van der Waals surface area contributed by atoms with Gasteiger partial charge in [-0.05, 0) is 18.2 Å². The Bertz CT molecular complexity index is 1150. The summed E-state index contributed by atoms with van der Waals surface area (Å²) < 4.78 is 88.4. The van der Waals surface area contributed by atoms with E-state index in [1.807, 2.05) is 4.72 Å². The van der Waals surface area contributed by atoms with Crippen LogP contribution in [0.1, 0.15) is 0 Å². The van der Waals surface area contributed by atoms with Gasteiger partial charge in [-0.25, -0.2) is 8.42 Å². The largest absolute Gasteiger partial charge is 0.507 e. The van der Waals surface area contributed by atoms with Crippen molar-refractivity contribution >= 4 is 46.7 Å². The first-order valence-electron chi connectivity index (χ1n) is 5.92. The zero-order valence-electron chi connectivity index (χ0n) is 11.8. The Labute approximate surface area is 137 Å². The van der Waals surface area contributed by atoms with E-state index in [9.17, 15) is 34.9 Å². The first-order chi connectivity index (χ1) is 10.7. The highest BCUT2D eigenvalue weighted by Crippen LogP contribution is 2.38. The molecule has 0 aromatic heterocycles. The molecular weight excluding hydrogens is 386 g/mol. The molecule has 0 heterocycles. The van der Waals surface area contributed by atoms with Gasteiger partial charge in [0.05, 0.1) is 16.8 Å². The quantitative estimate of drug-likeness (QED) is 0.532. The van der Waals surface area contributed by atoms with Gasteiger partial charge in [-0.15, -0.1) is 0 Å².